The molecule has 170 valence electrons. The van der Waals surface area contributed by atoms with Crippen LogP contribution in [0, 0.1) is 0 Å². The summed E-state index contributed by atoms with van der Waals surface area (Å²) >= 11 is 6.41. The number of hydrogen-bond acceptors (Lipinski definition) is 5. The quantitative estimate of drug-likeness (QED) is 0.431. The molecule has 3 rings (SSSR count). The monoisotopic (exact) mass is 460 g/mol. The molecule has 11 heteroatoms. The number of imidazole rings is 1. The molecule has 0 aliphatic heterocycles. The van der Waals surface area contributed by atoms with Gasteiger partial charge in [-0.2, -0.15) is 5.10 Å². The van der Waals surface area contributed by atoms with Crippen molar-refractivity contribution in [2.75, 3.05) is 5.32 Å². The van der Waals surface area contributed by atoms with E-state index in [0.717, 1.165) is 5.69 Å². The van der Waals surface area contributed by atoms with Gasteiger partial charge in [0.25, 0.3) is 0 Å². The molecule has 0 fully saturated rings. The predicted octanol–water partition coefficient (Wildman–Crippen LogP) is 4.36. The number of aryl methyl sites for hydroxylation is 1. The largest absolute Gasteiger partial charge is 0.465 e. The van der Waals surface area contributed by atoms with Crippen LogP contribution < -0.4 is 10.6 Å². The smallest absolute Gasteiger partial charge is 0.409 e. The van der Waals surface area contributed by atoms with Crippen LogP contribution in [0.2, 0.25) is 5.15 Å². The lowest BCUT2D eigenvalue weighted by Crippen LogP contribution is -2.36. The van der Waals surface area contributed by atoms with Crippen molar-refractivity contribution in [2.24, 2.45) is 7.05 Å². The highest BCUT2D eigenvalue weighted by Crippen LogP contribution is 2.29. The number of alkyl carbamates (subject to hydrolysis) is 1. The van der Waals surface area contributed by atoms with Gasteiger partial charge in [-0.1, -0.05) is 23.7 Å². The molecule has 0 saturated heterocycles. The van der Waals surface area contributed by atoms with Crippen molar-refractivity contribution >= 4 is 29.5 Å². The number of carbonyl (C=O) groups excluding carboxylic acids is 1. The molecule has 10 nitrogen and oxygen atoms in total. The van der Waals surface area contributed by atoms with Gasteiger partial charge in [0, 0.05) is 30.9 Å². The van der Waals surface area contributed by atoms with Gasteiger partial charge in [-0.05, 0) is 39.0 Å². The number of ether oxygens (including phenoxy) is 1. The first-order chi connectivity index (χ1) is 15.0. The van der Waals surface area contributed by atoms with Gasteiger partial charge in [-0.15, -0.1) is 0 Å². The second-order valence-corrected chi connectivity index (χ2v) is 8.55. The molecule has 1 aromatic carbocycles. The van der Waals surface area contributed by atoms with Crippen LogP contribution in [0.4, 0.5) is 15.3 Å². The van der Waals surface area contributed by atoms with E-state index in [1.165, 1.54) is 0 Å². The minimum absolute atomic E-state index is 0.288. The fourth-order valence-corrected chi connectivity index (χ4v) is 3.26. The number of amides is 2. The normalized spacial score (nSPS) is 12.3. The average molecular weight is 461 g/mol. The highest BCUT2D eigenvalue weighted by Gasteiger charge is 2.25. The van der Waals surface area contributed by atoms with Crippen molar-refractivity contribution in [3.05, 3.63) is 53.2 Å². The van der Waals surface area contributed by atoms with Gasteiger partial charge in [0.1, 0.15) is 22.3 Å². The number of benzene rings is 1. The summed E-state index contributed by atoms with van der Waals surface area (Å²) in [6.07, 6.45) is 0.442. The molecule has 0 unspecified atom stereocenters. The van der Waals surface area contributed by atoms with Crippen LogP contribution in [0.3, 0.4) is 0 Å². The van der Waals surface area contributed by atoms with Crippen LogP contribution in [0.15, 0.2) is 36.5 Å². The summed E-state index contributed by atoms with van der Waals surface area (Å²) in [4.78, 5) is 30.8. The fourth-order valence-electron chi connectivity index (χ4n) is 3.01. The first-order valence-electron chi connectivity index (χ1n) is 9.84. The summed E-state index contributed by atoms with van der Waals surface area (Å²) in [5, 5.41) is 18.6. The number of nitrogens with zero attached hydrogens (tertiary/aromatic N) is 3. The molecule has 2 amide bonds. The van der Waals surface area contributed by atoms with Gasteiger partial charge in [0.15, 0.2) is 0 Å². The molecule has 0 aliphatic rings. The van der Waals surface area contributed by atoms with Gasteiger partial charge in [0.2, 0.25) is 0 Å². The van der Waals surface area contributed by atoms with Crippen LogP contribution in [0.1, 0.15) is 38.3 Å². The number of aromatic nitrogens is 4. The number of carbonyl (C=O) groups is 2. The van der Waals surface area contributed by atoms with Crippen LogP contribution >= 0.6 is 11.6 Å². The number of hydrogen-bond donors (Lipinski definition) is 4. The molecule has 2 aromatic heterocycles. The lowest BCUT2D eigenvalue weighted by molar-refractivity contribution is 0.0501. The molecule has 0 bridgehead atoms. The Labute approximate surface area is 189 Å². The zero-order valence-corrected chi connectivity index (χ0v) is 18.9. The summed E-state index contributed by atoms with van der Waals surface area (Å²) in [6.45, 7) is 5.35. The second-order valence-electron chi connectivity index (χ2n) is 8.18. The summed E-state index contributed by atoms with van der Waals surface area (Å²) < 4.78 is 7.07. The SMILES string of the molecule is Cn1ccc(C[C@H](NC(=O)OC(C)(C)C)c2nc(-c3ccc(NC(=O)O)cc3)c(Cl)[nH]2)n1. The lowest BCUT2D eigenvalue weighted by atomic mass is 10.1. The number of aromatic amines is 1. The molecule has 1 atom stereocenters. The minimum Gasteiger partial charge on any atom is -0.465 e. The van der Waals surface area contributed by atoms with E-state index >= 15 is 0 Å². The van der Waals surface area contributed by atoms with Gasteiger partial charge >= 0.3 is 12.2 Å². The number of carboxylic acid groups (broad SMARTS) is 1. The van der Waals surface area contributed by atoms with Crippen molar-refractivity contribution in [1.29, 1.82) is 0 Å². The Balaban J connectivity index is 1.87. The van der Waals surface area contributed by atoms with Crippen molar-refractivity contribution in [2.45, 2.75) is 38.8 Å². The Hall–Kier alpha value is -3.53. The lowest BCUT2D eigenvalue weighted by Gasteiger charge is -2.22. The zero-order valence-electron chi connectivity index (χ0n) is 18.1. The Morgan fingerprint density at radius 2 is 1.94 bits per heavy atom. The third-order valence-electron chi connectivity index (χ3n) is 4.29. The molecule has 0 radical (unpaired) electrons. The second kappa shape index (κ2) is 9.31. The molecular weight excluding hydrogens is 436 g/mol. The number of halogens is 1. The summed E-state index contributed by atoms with van der Waals surface area (Å²) in [5.74, 6) is 0.439. The fraction of sp³-hybridized carbons (Fsp3) is 0.333. The molecule has 3 aromatic rings. The molecule has 0 saturated carbocycles. The van der Waals surface area contributed by atoms with Crippen molar-refractivity contribution in [3.63, 3.8) is 0 Å². The maximum atomic E-state index is 12.4. The van der Waals surface area contributed by atoms with E-state index < -0.39 is 23.8 Å². The van der Waals surface area contributed by atoms with Gasteiger partial charge < -0.3 is 20.1 Å². The molecule has 2 heterocycles. The van der Waals surface area contributed by atoms with E-state index in [0.29, 0.717) is 29.2 Å². The van der Waals surface area contributed by atoms with Crippen molar-refractivity contribution in [3.8, 4) is 11.3 Å². The maximum Gasteiger partial charge on any atom is 0.409 e. The van der Waals surface area contributed by atoms with Crippen LogP contribution in [0.5, 0.6) is 0 Å². The molecule has 0 spiro atoms. The van der Waals surface area contributed by atoms with E-state index in [-0.39, 0.29) is 5.15 Å². The Morgan fingerprint density at radius 1 is 1.25 bits per heavy atom. The highest BCUT2D eigenvalue weighted by atomic mass is 35.5. The van der Waals surface area contributed by atoms with Crippen LogP contribution in [-0.4, -0.2) is 42.6 Å². The summed E-state index contributed by atoms with van der Waals surface area (Å²) in [7, 11) is 1.81. The van der Waals surface area contributed by atoms with Crippen LogP contribution in [-0.2, 0) is 18.2 Å². The topological polar surface area (TPSA) is 134 Å². The Bertz CT molecular complexity index is 1100. The summed E-state index contributed by atoms with van der Waals surface area (Å²) in [5.41, 5.74) is 1.68. The standard InChI is InChI=1S/C21H25ClN6O4/c1-21(2,3)32-20(31)24-15(11-14-9-10-28(4)27-14)18-25-16(17(22)26-18)12-5-7-13(8-6-12)23-19(29)30/h5-10,15,23H,11H2,1-4H3,(H,24,31)(H,25,26)(H,29,30)/t15-/m0/s1. The average Bonchev–Trinajstić information content (AvgIpc) is 3.25. The molecule has 4 N–H and O–H groups in total. The number of H-pyrrole nitrogens is 1. The Morgan fingerprint density at radius 3 is 2.50 bits per heavy atom. The van der Waals surface area contributed by atoms with Crippen molar-refractivity contribution < 1.29 is 19.4 Å². The summed E-state index contributed by atoms with van der Waals surface area (Å²) in [6, 6.07) is 7.90. The van der Waals surface area contributed by atoms with E-state index in [1.807, 2.05) is 19.3 Å². The van der Waals surface area contributed by atoms with Gasteiger partial charge in [-0.3, -0.25) is 10.00 Å². The Kier molecular flexibility index (Phi) is 6.73. The highest BCUT2D eigenvalue weighted by molar-refractivity contribution is 6.31. The predicted molar refractivity (Wildman–Crippen MR) is 120 cm³/mol. The third-order valence-corrected chi connectivity index (χ3v) is 4.56. The maximum absolute atomic E-state index is 12.4. The first-order valence-corrected chi connectivity index (χ1v) is 10.2. The van der Waals surface area contributed by atoms with Crippen LogP contribution in [0.25, 0.3) is 11.3 Å². The molecule has 0 aliphatic carbocycles. The molecular formula is C21H25ClN6O4. The minimum atomic E-state index is -1.15. The first kappa shape index (κ1) is 23.1. The van der Waals surface area contributed by atoms with Crippen molar-refractivity contribution in [1.82, 2.24) is 25.1 Å². The molecule has 32 heavy (non-hydrogen) atoms. The van der Waals surface area contributed by atoms with Gasteiger partial charge in [-0.25, -0.2) is 14.6 Å². The van der Waals surface area contributed by atoms with E-state index in [2.05, 4.69) is 25.7 Å². The van der Waals surface area contributed by atoms with E-state index in [1.54, 1.807) is 49.7 Å². The number of anilines is 1. The number of rotatable bonds is 6. The van der Waals surface area contributed by atoms with E-state index in [4.69, 9.17) is 21.4 Å². The van der Waals surface area contributed by atoms with E-state index in [9.17, 15) is 9.59 Å². The van der Waals surface area contributed by atoms with Gasteiger partial charge in [0.05, 0.1) is 11.7 Å². The number of nitrogens with one attached hydrogen (secondary N) is 3. The third kappa shape index (κ3) is 6.24. The zero-order chi connectivity index (χ0) is 23.5.